The van der Waals surface area contributed by atoms with E-state index in [-0.39, 0.29) is 5.56 Å². The second-order valence-electron chi connectivity index (χ2n) is 3.87. The number of aryl methyl sites for hydroxylation is 2. The first kappa shape index (κ1) is 11.3. The predicted molar refractivity (Wildman–Crippen MR) is 58.8 cm³/mol. The fraction of sp³-hybridized carbons (Fsp3) is 0.400. The second-order valence-corrected chi connectivity index (χ2v) is 3.87. The number of hydrogen-bond acceptors (Lipinski definition) is 4. The van der Waals surface area contributed by atoms with Crippen LogP contribution in [0.1, 0.15) is 27.6 Å². The molecule has 0 aliphatic carbocycles. The molecule has 0 bridgehead atoms. The molecule has 7 heteroatoms. The molecule has 2 aromatic rings. The molecule has 0 fully saturated rings. The highest BCUT2D eigenvalue weighted by Gasteiger charge is 2.18. The lowest BCUT2D eigenvalue weighted by Crippen LogP contribution is -2.09. The molecule has 0 aromatic carbocycles. The van der Waals surface area contributed by atoms with Crippen molar-refractivity contribution in [2.75, 3.05) is 0 Å². The molecule has 0 spiro atoms. The van der Waals surface area contributed by atoms with E-state index in [1.807, 2.05) is 7.05 Å². The number of carboxylic acids is 1. The fourth-order valence-electron chi connectivity index (χ4n) is 1.74. The molecular weight excluding hydrogens is 222 g/mol. The van der Waals surface area contributed by atoms with E-state index in [0.717, 1.165) is 5.82 Å². The van der Waals surface area contributed by atoms with E-state index >= 15 is 0 Å². The summed E-state index contributed by atoms with van der Waals surface area (Å²) in [6.45, 7) is 3.83. The summed E-state index contributed by atoms with van der Waals surface area (Å²) in [5.41, 5.74) is 1.39. The predicted octanol–water partition coefficient (Wildman–Crippen LogP) is 0.375. The van der Waals surface area contributed by atoms with Gasteiger partial charge in [-0.05, 0) is 13.8 Å². The van der Waals surface area contributed by atoms with Gasteiger partial charge in [-0.1, -0.05) is 0 Å². The van der Waals surface area contributed by atoms with Crippen LogP contribution in [0.4, 0.5) is 0 Å². The third-order valence-corrected chi connectivity index (χ3v) is 2.69. The Labute approximate surface area is 97.7 Å². The highest BCUT2D eigenvalue weighted by Crippen LogP contribution is 2.13. The summed E-state index contributed by atoms with van der Waals surface area (Å²) in [7, 11) is 1.83. The lowest BCUT2D eigenvalue weighted by atomic mass is 10.2. The van der Waals surface area contributed by atoms with Gasteiger partial charge in [0.25, 0.3) is 0 Å². The summed E-state index contributed by atoms with van der Waals surface area (Å²) in [6, 6.07) is 0. The first-order chi connectivity index (χ1) is 8.00. The van der Waals surface area contributed by atoms with Crippen LogP contribution < -0.4 is 0 Å². The number of rotatable bonds is 3. The van der Waals surface area contributed by atoms with Crippen molar-refractivity contribution in [1.82, 2.24) is 24.5 Å². The molecule has 2 aromatic heterocycles. The summed E-state index contributed by atoms with van der Waals surface area (Å²) in [5.74, 6) is -0.225. The van der Waals surface area contributed by atoms with E-state index in [2.05, 4.69) is 15.3 Å². The Morgan fingerprint density at radius 1 is 1.47 bits per heavy atom. The van der Waals surface area contributed by atoms with Gasteiger partial charge in [0, 0.05) is 7.05 Å². The van der Waals surface area contributed by atoms with Crippen molar-refractivity contribution in [3.8, 4) is 0 Å². The van der Waals surface area contributed by atoms with Gasteiger partial charge < -0.3 is 9.67 Å². The minimum absolute atomic E-state index is 0.257. The topological polar surface area (TPSA) is 85.8 Å². The van der Waals surface area contributed by atoms with Gasteiger partial charge in [-0.2, -0.15) is 5.10 Å². The Balaban J connectivity index is 2.38. The summed E-state index contributed by atoms with van der Waals surface area (Å²) >= 11 is 0. The molecule has 0 amide bonds. The van der Waals surface area contributed by atoms with Gasteiger partial charge in [0.15, 0.2) is 5.82 Å². The number of hydrogen-bond donors (Lipinski definition) is 1. The SMILES string of the molecule is Cc1nn(Cc2nncn2C)c(C)c1C(=O)O. The van der Waals surface area contributed by atoms with E-state index in [0.29, 0.717) is 17.9 Å². The van der Waals surface area contributed by atoms with E-state index in [1.165, 1.54) is 0 Å². The summed E-state index contributed by atoms with van der Waals surface area (Å²) < 4.78 is 3.40. The maximum atomic E-state index is 11.0. The van der Waals surface area contributed by atoms with Crippen molar-refractivity contribution in [2.45, 2.75) is 20.4 Å². The van der Waals surface area contributed by atoms with Crippen molar-refractivity contribution in [1.29, 1.82) is 0 Å². The lowest BCUT2D eigenvalue weighted by molar-refractivity contribution is 0.0695. The molecule has 0 radical (unpaired) electrons. The van der Waals surface area contributed by atoms with Crippen LogP contribution in [-0.2, 0) is 13.6 Å². The molecular formula is C10H13N5O2. The maximum Gasteiger partial charge on any atom is 0.339 e. The van der Waals surface area contributed by atoms with Crippen LogP contribution in [0.5, 0.6) is 0 Å². The molecule has 0 aliphatic heterocycles. The Bertz CT molecular complexity index is 569. The van der Waals surface area contributed by atoms with Crippen LogP contribution in [0, 0.1) is 13.8 Å². The zero-order valence-electron chi connectivity index (χ0n) is 9.88. The molecule has 1 N–H and O–H groups in total. The van der Waals surface area contributed by atoms with Crippen LogP contribution in [-0.4, -0.2) is 35.6 Å². The van der Waals surface area contributed by atoms with Gasteiger partial charge in [0.1, 0.15) is 18.4 Å². The molecule has 0 aliphatic rings. The van der Waals surface area contributed by atoms with Crippen molar-refractivity contribution >= 4 is 5.97 Å². The number of aromatic carboxylic acids is 1. The number of carbonyl (C=O) groups is 1. The third kappa shape index (κ3) is 1.91. The highest BCUT2D eigenvalue weighted by molar-refractivity contribution is 5.90. The van der Waals surface area contributed by atoms with E-state index in [9.17, 15) is 4.79 Å². The largest absolute Gasteiger partial charge is 0.478 e. The summed E-state index contributed by atoms with van der Waals surface area (Å²) in [6.07, 6.45) is 1.60. The standard InChI is InChI=1S/C10H13N5O2/c1-6-9(10(16)17)7(2)15(13-6)4-8-12-11-5-14(8)3/h5H,4H2,1-3H3,(H,16,17). The monoisotopic (exact) mass is 235 g/mol. The van der Waals surface area contributed by atoms with Crippen LogP contribution in [0.15, 0.2) is 6.33 Å². The van der Waals surface area contributed by atoms with Crippen molar-refractivity contribution in [2.24, 2.45) is 7.05 Å². The van der Waals surface area contributed by atoms with E-state index in [4.69, 9.17) is 5.11 Å². The van der Waals surface area contributed by atoms with Gasteiger partial charge in [-0.15, -0.1) is 10.2 Å². The van der Waals surface area contributed by atoms with Gasteiger partial charge in [0.2, 0.25) is 0 Å². The van der Waals surface area contributed by atoms with Gasteiger partial charge in [0.05, 0.1) is 11.4 Å². The first-order valence-corrected chi connectivity index (χ1v) is 5.11. The molecule has 0 unspecified atom stereocenters. The van der Waals surface area contributed by atoms with Crippen molar-refractivity contribution < 1.29 is 9.90 Å². The quantitative estimate of drug-likeness (QED) is 0.830. The average Bonchev–Trinajstić information content (AvgIpc) is 2.73. The second kappa shape index (κ2) is 4.00. The smallest absolute Gasteiger partial charge is 0.339 e. The number of nitrogens with zero attached hydrogens (tertiary/aromatic N) is 5. The molecule has 90 valence electrons. The molecule has 0 saturated carbocycles. The average molecular weight is 235 g/mol. The molecule has 0 atom stereocenters. The zero-order chi connectivity index (χ0) is 12.6. The van der Waals surface area contributed by atoms with Gasteiger partial charge >= 0.3 is 5.97 Å². The maximum absolute atomic E-state index is 11.0. The van der Waals surface area contributed by atoms with E-state index < -0.39 is 5.97 Å². The Hall–Kier alpha value is -2.18. The minimum Gasteiger partial charge on any atom is -0.478 e. The number of aromatic nitrogens is 5. The van der Waals surface area contributed by atoms with Crippen LogP contribution in [0.25, 0.3) is 0 Å². The van der Waals surface area contributed by atoms with Crippen LogP contribution in [0.2, 0.25) is 0 Å². The molecule has 2 heterocycles. The molecule has 2 rings (SSSR count). The Morgan fingerprint density at radius 3 is 2.65 bits per heavy atom. The molecule has 17 heavy (non-hydrogen) atoms. The van der Waals surface area contributed by atoms with E-state index in [1.54, 1.807) is 29.4 Å². The normalized spacial score (nSPS) is 10.8. The van der Waals surface area contributed by atoms with Crippen molar-refractivity contribution in [3.05, 3.63) is 29.1 Å². The lowest BCUT2D eigenvalue weighted by Gasteiger charge is -2.03. The summed E-state index contributed by atoms with van der Waals surface area (Å²) in [5, 5.41) is 21.0. The first-order valence-electron chi connectivity index (χ1n) is 5.11. The molecule has 7 nitrogen and oxygen atoms in total. The Kier molecular flexibility index (Phi) is 2.66. The third-order valence-electron chi connectivity index (χ3n) is 2.69. The zero-order valence-corrected chi connectivity index (χ0v) is 9.88. The van der Waals surface area contributed by atoms with Crippen LogP contribution >= 0.6 is 0 Å². The van der Waals surface area contributed by atoms with Gasteiger partial charge in [-0.3, -0.25) is 4.68 Å². The number of carboxylic acid groups (broad SMARTS) is 1. The highest BCUT2D eigenvalue weighted by atomic mass is 16.4. The fourth-order valence-corrected chi connectivity index (χ4v) is 1.74. The molecule has 0 saturated heterocycles. The van der Waals surface area contributed by atoms with Crippen molar-refractivity contribution in [3.63, 3.8) is 0 Å². The minimum atomic E-state index is -0.954. The van der Waals surface area contributed by atoms with Gasteiger partial charge in [-0.25, -0.2) is 4.79 Å². The Morgan fingerprint density at radius 2 is 2.18 bits per heavy atom. The van der Waals surface area contributed by atoms with Crippen LogP contribution in [0.3, 0.4) is 0 Å². The summed E-state index contributed by atoms with van der Waals surface area (Å²) in [4.78, 5) is 11.0.